The number of benzene rings is 4. The number of halogens is 1. The van der Waals surface area contributed by atoms with E-state index in [0.717, 1.165) is 9.14 Å². The molecule has 1 saturated heterocycles. The van der Waals surface area contributed by atoms with Gasteiger partial charge in [0.25, 0.3) is 0 Å². The van der Waals surface area contributed by atoms with Gasteiger partial charge in [-0.2, -0.15) is 0 Å². The molecule has 8 rings (SSSR count). The molecule has 244 valence electrons. The van der Waals surface area contributed by atoms with Gasteiger partial charge in [-0.15, -0.1) is 0 Å². The maximum absolute atomic E-state index is 15.1. The number of amides is 2. The molecule has 0 bridgehead atoms. The third-order valence-electron chi connectivity index (χ3n) is 11.0. The van der Waals surface area contributed by atoms with Crippen LogP contribution >= 0.6 is 22.6 Å². The quantitative estimate of drug-likeness (QED) is 0.133. The highest BCUT2D eigenvalue weighted by Gasteiger charge is 2.66. The summed E-state index contributed by atoms with van der Waals surface area (Å²) >= 11 is 2.18. The van der Waals surface area contributed by atoms with Crippen molar-refractivity contribution < 1.29 is 29.0 Å². The van der Waals surface area contributed by atoms with Gasteiger partial charge in [0.1, 0.15) is 11.5 Å². The minimum absolute atomic E-state index is 0.0745. The van der Waals surface area contributed by atoms with Gasteiger partial charge in [-0.1, -0.05) is 78.4 Å². The van der Waals surface area contributed by atoms with Gasteiger partial charge >= 0.3 is 0 Å². The molecule has 3 aliphatic carbocycles. The van der Waals surface area contributed by atoms with E-state index in [1.807, 2.05) is 78.9 Å². The van der Waals surface area contributed by atoms with Crippen molar-refractivity contribution in [3.63, 3.8) is 0 Å². The van der Waals surface area contributed by atoms with E-state index < -0.39 is 35.0 Å². The number of nitrogens with zero attached hydrogens (tertiary/aromatic N) is 1. The van der Waals surface area contributed by atoms with Crippen molar-refractivity contribution in [2.24, 2.45) is 23.7 Å². The van der Waals surface area contributed by atoms with E-state index >= 15 is 9.59 Å². The predicted molar refractivity (Wildman–Crippen MR) is 193 cm³/mol. The van der Waals surface area contributed by atoms with E-state index in [1.54, 1.807) is 30.3 Å². The second-order valence-corrected chi connectivity index (χ2v) is 14.4. The minimum Gasteiger partial charge on any atom is -0.508 e. The normalized spacial score (nSPS) is 27.6. The number of carbonyl (C=O) groups is 4. The fraction of sp³-hybridized carbons (Fsp3) is 0.220. The summed E-state index contributed by atoms with van der Waals surface area (Å²) in [6.45, 7) is 0. The number of ether oxygens (including phenoxy) is 1. The Bertz CT molecular complexity index is 2090. The lowest BCUT2D eigenvalue weighted by molar-refractivity contribution is -0.135. The summed E-state index contributed by atoms with van der Waals surface area (Å²) in [6.07, 6.45) is 3.93. The second-order valence-electron chi connectivity index (χ2n) is 13.2. The van der Waals surface area contributed by atoms with Crippen LogP contribution in [0.5, 0.6) is 11.5 Å². The first-order valence-corrected chi connectivity index (χ1v) is 17.5. The van der Waals surface area contributed by atoms with E-state index in [2.05, 4.69) is 22.6 Å². The lowest BCUT2D eigenvalue weighted by Gasteiger charge is -2.55. The Labute approximate surface area is 297 Å². The van der Waals surface area contributed by atoms with Crippen LogP contribution < -0.4 is 9.64 Å². The lowest BCUT2D eigenvalue weighted by atomic mass is 9.44. The van der Waals surface area contributed by atoms with Crippen molar-refractivity contribution in [2.45, 2.75) is 24.2 Å². The standard InChI is InChI=1S/C41H32INO6/c1-49-33-14-8-13-32(44)36(33)37-27-19-20-28-35(40(48)43(39(28)47)26-17-15-25(42)16-18-26)30(27)21-31-38(46)29(23-9-4-2-5-10-23)22-34(45)41(31,37)24-11-6-3-7-12-24/h2-19,22,28,30-31,35,37,44H,20-21H2,1H3. The fourth-order valence-corrected chi connectivity index (χ4v) is 9.39. The highest BCUT2D eigenvalue weighted by Crippen LogP contribution is 2.65. The lowest BCUT2D eigenvalue weighted by Crippen LogP contribution is -2.58. The molecule has 2 fully saturated rings. The van der Waals surface area contributed by atoms with Crippen molar-refractivity contribution in [3.8, 4) is 11.5 Å². The Balaban J connectivity index is 1.38. The molecule has 6 unspecified atom stereocenters. The average molecular weight is 762 g/mol. The number of hydrogen-bond acceptors (Lipinski definition) is 6. The number of hydrogen-bond donors (Lipinski definition) is 1. The van der Waals surface area contributed by atoms with Gasteiger partial charge in [-0.25, -0.2) is 0 Å². The van der Waals surface area contributed by atoms with Crippen molar-refractivity contribution in [1.82, 2.24) is 0 Å². The number of methoxy groups -OCH3 is 1. The van der Waals surface area contributed by atoms with Crippen LogP contribution in [-0.2, 0) is 24.6 Å². The summed E-state index contributed by atoms with van der Waals surface area (Å²) in [7, 11) is 1.51. The molecule has 6 atom stereocenters. The summed E-state index contributed by atoms with van der Waals surface area (Å²) in [5.74, 6) is -4.42. The van der Waals surface area contributed by atoms with E-state index in [4.69, 9.17) is 4.74 Å². The summed E-state index contributed by atoms with van der Waals surface area (Å²) in [5.41, 5.74) is 1.81. The summed E-state index contributed by atoms with van der Waals surface area (Å²) in [5, 5.41) is 11.6. The number of phenolic OH excluding ortho intramolecular Hbond substituents is 1. The largest absolute Gasteiger partial charge is 0.508 e. The zero-order valence-electron chi connectivity index (χ0n) is 26.6. The molecule has 49 heavy (non-hydrogen) atoms. The van der Waals surface area contributed by atoms with Gasteiger partial charge in [0.15, 0.2) is 11.6 Å². The molecule has 8 heteroatoms. The SMILES string of the molecule is COc1cccc(O)c1C1C2=CCC3C(=O)N(c4ccc(I)cc4)C(=O)C3C2CC2C(=O)C(c3ccccc3)=CC(=O)C21c1ccccc1. The topological polar surface area (TPSA) is 101 Å². The third-order valence-corrected chi connectivity index (χ3v) is 11.7. The number of ketones is 2. The van der Waals surface area contributed by atoms with Gasteiger partial charge in [0.2, 0.25) is 11.8 Å². The first-order chi connectivity index (χ1) is 23.8. The average Bonchev–Trinajstić information content (AvgIpc) is 3.39. The first kappa shape index (κ1) is 31.4. The molecular weight excluding hydrogens is 729 g/mol. The van der Waals surface area contributed by atoms with Gasteiger partial charge in [0.05, 0.1) is 30.0 Å². The molecule has 7 nitrogen and oxygen atoms in total. The number of aromatic hydroxyl groups is 1. The molecule has 2 amide bonds. The smallest absolute Gasteiger partial charge is 0.238 e. The van der Waals surface area contributed by atoms with Crippen LogP contribution in [0.3, 0.4) is 0 Å². The number of allylic oxidation sites excluding steroid dienone is 4. The van der Waals surface area contributed by atoms with Crippen LogP contribution in [0.25, 0.3) is 5.57 Å². The Morgan fingerprint density at radius 3 is 2.20 bits per heavy atom. The number of Topliss-reactive ketones (excluding diaryl/α,β-unsaturated/α-hetero) is 1. The van der Waals surface area contributed by atoms with Gasteiger partial charge in [-0.3, -0.25) is 24.1 Å². The van der Waals surface area contributed by atoms with Crippen molar-refractivity contribution >= 4 is 57.2 Å². The predicted octanol–water partition coefficient (Wildman–Crippen LogP) is 7.03. The van der Waals surface area contributed by atoms with Gasteiger partial charge < -0.3 is 9.84 Å². The van der Waals surface area contributed by atoms with Gasteiger partial charge in [-0.05, 0) is 95.0 Å². The molecule has 0 spiro atoms. The molecule has 4 aromatic carbocycles. The minimum atomic E-state index is -1.46. The molecule has 0 radical (unpaired) electrons. The molecular formula is C41H32INO6. The Morgan fingerprint density at radius 2 is 1.51 bits per heavy atom. The molecule has 0 aromatic heterocycles. The van der Waals surface area contributed by atoms with Gasteiger partial charge in [0, 0.05) is 26.5 Å². The zero-order valence-corrected chi connectivity index (χ0v) is 28.7. The zero-order chi connectivity index (χ0) is 34.0. The third kappa shape index (κ3) is 4.60. The Morgan fingerprint density at radius 1 is 0.816 bits per heavy atom. The molecule has 4 aliphatic rings. The van der Waals surface area contributed by atoms with Crippen LogP contribution in [-0.4, -0.2) is 35.6 Å². The number of fused-ring (bicyclic) bond motifs is 4. The summed E-state index contributed by atoms with van der Waals surface area (Å²) in [4.78, 5) is 60.0. The Hall–Kier alpha value is -4.83. The summed E-state index contributed by atoms with van der Waals surface area (Å²) in [6, 6.07) is 30.7. The van der Waals surface area contributed by atoms with Crippen LogP contribution in [0.1, 0.15) is 35.4 Å². The van der Waals surface area contributed by atoms with Crippen LogP contribution in [0, 0.1) is 27.2 Å². The van der Waals surface area contributed by atoms with Crippen molar-refractivity contribution in [1.29, 1.82) is 0 Å². The van der Waals surface area contributed by atoms with Crippen LogP contribution in [0.15, 0.2) is 121 Å². The maximum Gasteiger partial charge on any atom is 0.238 e. The number of carbonyl (C=O) groups excluding carboxylic acids is 4. The highest BCUT2D eigenvalue weighted by atomic mass is 127. The molecule has 4 aromatic rings. The summed E-state index contributed by atoms with van der Waals surface area (Å²) < 4.78 is 6.83. The number of imide groups is 1. The Kier molecular flexibility index (Phi) is 7.66. The monoisotopic (exact) mass is 761 g/mol. The first-order valence-electron chi connectivity index (χ1n) is 16.4. The number of phenols is 1. The number of rotatable bonds is 5. The molecule has 1 saturated carbocycles. The fourth-order valence-electron chi connectivity index (χ4n) is 9.03. The van der Waals surface area contributed by atoms with Crippen molar-refractivity contribution in [3.05, 3.63) is 141 Å². The van der Waals surface area contributed by atoms with E-state index in [0.29, 0.717) is 33.7 Å². The second kappa shape index (κ2) is 11.9. The van der Waals surface area contributed by atoms with Crippen molar-refractivity contribution in [2.75, 3.05) is 12.0 Å². The van der Waals surface area contributed by atoms with E-state index in [-0.39, 0.29) is 42.0 Å². The molecule has 1 aliphatic heterocycles. The highest BCUT2D eigenvalue weighted by molar-refractivity contribution is 14.1. The van der Waals surface area contributed by atoms with Crippen LogP contribution in [0.4, 0.5) is 5.69 Å². The number of anilines is 1. The maximum atomic E-state index is 15.1. The molecule has 1 N–H and O–H groups in total. The van der Waals surface area contributed by atoms with E-state index in [9.17, 15) is 14.7 Å². The molecule has 1 heterocycles. The van der Waals surface area contributed by atoms with Crippen LogP contribution in [0.2, 0.25) is 0 Å². The van der Waals surface area contributed by atoms with E-state index in [1.165, 1.54) is 18.1 Å².